The zero-order chi connectivity index (χ0) is 23.1. The van der Waals surface area contributed by atoms with Crippen LogP contribution in [0.3, 0.4) is 0 Å². The fourth-order valence-electron chi connectivity index (χ4n) is 4.52. The highest BCUT2D eigenvalue weighted by atomic mass is 35.5. The van der Waals surface area contributed by atoms with Gasteiger partial charge in [0.25, 0.3) is 0 Å². The average Bonchev–Trinajstić information content (AvgIpc) is 3.10. The van der Waals surface area contributed by atoms with Crippen molar-refractivity contribution in [1.82, 2.24) is 19.5 Å². The Hall–Kier alpha value is -2.65. The summed E-state index contributed by atoms with van der Waals surface area (Å²) in [6, 6.07) is 2.82. The second-order valence-corrected chi connectivity index (χ2v) is 9.57. The Balaban J connectivity index is 1.54. The number of fused-ring (bicyclic) bond motifs is 1. The zero-order valence-corrected chi connectivity index (χ0v) is 19.3. The monoisotopic (exact) mass is 491 g/mol. The second-order valence-electron chi connectivity index (χ2n) is 8.76. The summed E-state index contributed by atoms with van der Waals surface area (Å²) in [6.07, 6.45) is 7.97. The summed E-state index contributed by atoms with van der Waals surface area (Å²) in [7, 11) is 0. The normalized spacial score (nSPS) is 21.1. The molecule has 2 aromatic heterocycles. The second kappa shape index (κ2) is 8.95. The van der Waals surface area contributed by atoms with Crippen LogP contribution < -0.4 is 16.4 Å². The van der Waals surface area contributed by atoms with Gasteiger partial charge in [-0.3, -0.25) is 9.36 Å². The number of aromatic nitrogens is 4. The number of nitrogens with two attached hydrogens (primary N) is 1. The van der Waals surface area contributed by atoms with Crippen molar-refractivity contribution in [3.63, 3.8) is 0 Å². The van der Waals surface area contributed by atoms with Crippen molar-refractivity contribution < 1.29 is 9.18 Å². The minimum atomic E-state index is -0.522. The number of nitrogens with one attached hydrogen (secondary N) is 2. The van der Waals surface area contributed by atoms with Crippen LogP contribution in [0.4, 0.5) is 22.0 Å². The summed E-state index contributed by atoms with van der Waals surface area (Å²) >= 11 is 12.5. The Labute approximate surface area is 200 Å². The first-order valence-electron chi connectivity index (χ1n) is 11.1. The van der Waals surface area contributed by atoms with Gasteiger partial charge in [-0.25, -0.2) is 14.4 Å². The Bertz CT molecular complexity index is 1180. The largest absolute Gasteiger partial charge is 0.369 e. The van der Waals surface area contributed by atoms with Gasteiger partial charge < -0.3 is 16.4 Å². The Morgan fingerprint density at radius 3 is 2.39 bits per heavy atom. The molecule has 33 heavy (non-hydrogen) atoms. The summed E-state index contributed by atoms with van der Waals surface area (Å²) in [5, 5.41) is 6.85. The minimum absolute atomic E-state index is 0.0394. The fourth-order valence-corrected chi connectivity index (χ4v) is 5.08. The molecule has 11 heteroatoms. The van der Waals surface area contributed by atoms with Gasteiger partial charge in [0.1, 0.15) is 11.3 Å². The number of halogens is 3. The first-order chi connectivity index (χ1) is 15.9. The average molecular weight is 492 g/mol. The number of imidazole rings is 1. The predicted molar refractivity (Wildman–Crippen MR) is 126 cm³/mol. The van der Waals surface area contributed by atoms with Crippen molar-refractivity contribution in [3.8, 4) is 0 Å². The van der Waals surface area contributed by atoms with Crippen LogP contribution in [-0.4, -0.2) is 31.5 Å². The van der Waals surface area contributed by atoms with Gasteiger partial charge in [-0.2, -0.15) is 4.98 Å². The third-order valence-electron chi connectivity index (χ3n) is 6.58. The molecule has 0 saturated heterocycles. The molecule has 0 atom stereocenters. The van der Waals surface area contributed by atoms with E-state index >= 15 is 0 Å². The highest BCUT2D eigenvalue weighted by Gasteiger charge is 2.29. The van der Waals surface area contributed by atoms with Crippen molar-refractivity contribution in [2.24, 2.45) is 11.7 Å². The lowest BCUT2D eigenvalue weighted by Crippen LogP contribution is -2.29. The number of hydrogen-bond acceptors (Lipinski definition) is 6. The lowest BCUT2D eigenvalue weighted by molar-refractivity contribution is -0.122. The van der Waals surface area contributed by atoms with Crippen LogP contribution in [0.5, 0.6) is 0 Å². The minimum Gasteiger partial charge on any atom is -0.369 e. The van der Waals surface area contributed by atoms with E-state index < -0.39 is 5.82 Å². The van der Waals surface area contributed by atoms with Crippen molar-refractivity contribution in [1.29, 1.82) is 0 Å². The van der Waals surface area contributed by atoms with E-state index in [1.807, 2.05) is 4.57 Å². The Kier molecular flexibility index (Phi) is 6.01. The number of rotatable bonds is 6. The van der Waals surface area contributed by atoms with Crippen LogP contribution in [-0.2, 0) is 4.79 Å². The highest BCUT2D eigenvalue weighted by Crippen LogP contribution is 2.39. The van der Waals surface area contributed by atoms with Gasteiger partial charge in [-0.1, -0.05) is 23.2 Å². The molecule has 0 unspecified atom stereocenters. The molecule has 2 aliphatic rings. The molecule has 4 N–H and O–H groups in total. The number of carbonyl (C=O) groups is 1. The molecule has 0 radical (unpaired) electrons. The molecule has 0 spiro atoms. The third-order valence-corrected chi connectivity index (χ3v) is 7.18. The molecule has 0 bridgehead atoms. The van der Waals surface area contributed by atoms with Gasteiger partial charge in [-0.05, 0) is 57.1 Å². The number of anilines is 3. The molecular weight excluding hydrogens is 468 g/mol. The first-order valence-corrected chi connectivity index (χ1v) is 11.9. The number of primary amides is 1. The van der Waals surface area contributed by atoms with Gasteiger partial charge in [0, 0.05) is 18.0 Å². The SMILES string of the molecule is NC(=O)C1CCC(n2c(Nc3c(Cl)cc(F)cc3Cl)nc3cnc(NC4CCC4)nc32)CC1. The summed E-state index contributed by atoms with van der Waals surface area (Å²) in [5.74, 6) is 0.133. The van der Waals surface area contributed by atoms with Crippen molar-refractivity contribution in [2.75, 3.05) is 10.6 Å². The van der Waals surface area contributed by atoms with Crippen LogP contribution in [0, 0.1) is 11.7 Å². The maximum atomic E-state index is 13.7. The molecule has 1 amide bonds. The lowest BCUT2D eigenvalue weighted by atomic mass is 9.85. The van der Waals surface area contributed by atoms with E-state index in [1.165, 1.54) is 18.6 Å². The van der Waals surface area contributed by atoms with E-state index in [2.05, 4.69) is 15.6 Å². The van der Waals surface area contributed by atoms with Gasteiger partial charge in [0.2, 0.25) is 17.8 Å². The number of hydrogen-bond donors (Lipinski definition) is 3. The van der Waals surface area contributed by atoms with E-state index in [-0.39, 0.29) is 27.9 Å². The van der Waals surface area contributed by atoms with E-state index in [4.69, 9.17) is 38.9 Å². The molecule has 2 fully saturated rings. The standard InChI is InChI=1S/C22H24Cl2FN7O/c23-15-8-12(25)9-16(24)18(15)30-22-29-17-10-27-21(28-13-2-1-3-13)31-20(17)32(22)14-6-4-11(5-7-14)19(26)33/h8-11,13-14H,1-7H2,(H2,26,33)(H,29,30)(H,27,28,31). The smallest absolute Gasteiger partial charge is 0.224 e. The number of benzene rings is 1. The molecule has 2 saturated carbocycles. The number of amides is 1. The summed E-state index contributed by atoms with van der Waals surface area (Å²) in [6.45, 7) is 0. The maximum absolute atomic E-state index is 13.7. The molecule has 5 rings (SSSR count). The molecule has 1 aromatic carbocycles. The molecule has 0 aliphatic heterocycles. The van der Waals surface area contributed by atoms with Crippen molar-refractivity contribution in [3.05, 3.63) is 34.2 Å². The van der Waals surface area contributed by atoms with Crippen LogP contribution in [0.15, 0.2) is 18.3 Å². The van der Waals surface area contributed by atoms with Crippen molar-refractivity contribution in [2.45, 2.75) is 57.0 Å². The van der Waals surface area contributed by atoms with Crippen LogP contribution >= 0.6 is 23.2 Å². The summed E-state index contributed by atoms with van der Waals surface area (Å²) in [4.78, 5) is 25.5. The molecule has 2 heterocycles. The van der Waals surface area contributed by atoms with Gasteiger partial charge in [-0.15, -0.1) is 0 Å². The van der Waals surface area contributed by atoms with Crippen LogP contribution in [0.25, 0.3) is 11.2 Å². The first kappa shape index (κ1) is 22.2. The fraction of sp³-hybridized carbons (Fsp3) is 0.455. The van der Waals surface area contributed by atoms with Crippen LogP contribution in [0.1, 0.15) is 51.0 Å². The third kappa shape index (κ3) is 4.44. The summed E-state index contributed by atoms with van der Waals surface area (Å²) in [5.41, 5.74) is 7.18. The lowest BCUT2D eigenvalue weighted by Gasteiger charge is -2.29. The number of nitrogens with zero attached hydrogens (tertiary/aromatic N) is 4. The number of carbonyl (C=O) groups excluding carboxylic acids is 1. The van der Waals surface area contributed by atoms with E-state index in [0.717, 1.165) is 25.7 Å². The van der Waals surface area contributed by atoms with Gasteiger partial charge in [0.15, 0.2) is 5.65 Å². The molecular formula is C22H24Cl2FN7O. The zero-order valence-electron chi connectivity index (χ0n) is 17.8. The van der Waals surface area contributed by atoms with Crippen LogP contribution in [0.2, 0.25) is 10.0 Å². The summed E-state index contributed by atoms with van der Waals surface area (Å²) < 4.78 is 15.7. The van der Waals surface area contributed by atoms with E-state index in [0.29, 0.717) is 47.6 Å². The Morgan fingerprint density at radius 2 is 1.79 bits per heavy atom. The molecule has 2 aliphatic carbocycles. The highest BCUT2D eigenvalue weighted by molar-refractivity contribution is 6.39. The van der Waals surface area contributed by atoms with Gasteiger partial charge in [0.05, 0.1) is 21.9 Å². The Morgan fingerprint density at radius 1 is 1.09 bits per heavy atom. The van der Waals surface area contributed by atoms with Crippen molar-refractivity contribution >= 4 is 57.9 Å². The quantitative estimate of drug-likeness (QED) is 0.437. The van der Waals surface area contributed by atoms with Gasteiger partial charge >= 0.3 is 0 Å². The van der Waals surface area contributed by atoms with E-state index in [9.17, 15) is 9.18 Å². The topological polar surface area (TPSA) is 111 Å². The predicted octanol–water partition coefficient (Wildman–Crippen LogP) is 5.20. The molecule has 8 nitrogen and oxygen atoms in total. The molecule has 3 aromatic rings. The maximum Gasteiger partial charge on any atom is 0.224 e. The molecule has 174 valence electrons. The van der Waals surface area contributed by atoms with E-state index in [1.54, 1.807) is 6.20 Å².